The van der Waals surface area contributed by atoms with Crippen LogP contribution < -0.4 is 9.64 Å². The van der Waals surface area contributed by atoms with Crippen LogP contribution in [0.1, 0.15) is 28.8 Å². The molecule has 1 fully saturated rings. The van der Waals surface area contributed by atoms with E-state index < -0.39 is 0 Å². The van der Waals surface area contributed by atoms with Crippen molar-refractivity contribution >= 4 is 44.2 Å². The van der Waals surface area contributed by atoms with Crippen molar-refractivity contribution in [3.05, 3.63) is 52.5 Å². The van der Waals surface area contributed by atoms with Crippen LogP contribution in [0.2, 0.25) is 5.02 Å². The average Bonchev–Trinajstić information content (AvgIpc) is 3.38. The number of hydrogen-bond acceptors (Lipinski definition) is 5. The van der Waals surface area contributed by atoms with Gasteiger partial charge in [-0.25, -0.2) is 4.98 Å². The number of nitrogens with zero attached hydrogens (tertiary/aromatic N) is 2. The van der Waals surface area contributed by atoms with E-state index in [1.54, 1.807) is 36.3 Å². The summed E-state index contributed by atoms with van der Waals surface area (Å²) < 4.78 is 12.0. The van der Waals surface area contributed by atoms with E-state index in [9.17, 15) is 4.79 Å². The number of halogens is 1. The van der Waals surface area contributed by atoms with Gasteiger partial charge in [0.05, 0.1) is 30.0 Å². The molecule has 1 aromatic heterocycles. The summed E-state index contributed by atoms with van der Waals surface area (Å²) in [5.74, 6) is 0.619. The van der Waals surface area contributed by atoms with E-state index in [1.807, 2.05) is 19.1 Å². The number of aromatic nitrogens is 1. The molecule has 0 saturated carbocycles. The summed E-state index contributed by atoms with van der Waals surface area (Å²) in [5, 5.41) is 1.34. The predicted molar refractivity (Wildman–Crippen MR) is 113 cm³/mol. The molecule has 7 heteroatoms. The van der Waals surface area contributed by atoms with Gasteiger partial charge in [-0.05, 0) is 61.7 Å². The van der Waals surface area contributed by atoms with Gasteiger partial charge in [-0.1, -0.05) is 22.9 Å². The van der Waals surface area contributed by atoms with Gasteiger partial charge in [0.1, 0.15) is 5.75 Å². The van der Waals surface area contributed by atoms with Gasteiger partial charge in [0.15, 0.2) is 5.13 Å². The van der Waals surface area contributed by atoms with E-state index in [-0.39, 0.29) is 12.0 Å². The molecule has 1 aliphatic rings. The van der Waals surface area contributed by atoms with Crippen LogP contribution in [0.5, 0.6) is 5.75 Å². The Hall–Kier alpha value is -2.15. The van der Waals surface area contributed by atoms with Crippen LogP contribution in [0.4, 0.5) is 5.13 Å². The molecule has 28 heavy (non-hydrogen) atoms. The zero-order valence-corrected chi connectivity index (χ0v) is 17.3. The average molecular weight is 417 g/mol. The van der Waals surface area contributed by atoms with Gasteiger partial charge in [0.25, 0.3) is 5.91 Å². The Morgan fingerprint density at radius 3 is 2.79 bits per heavy atom. The first-order valence-electron chi connectivity index (χ1n) is 9.20. The van der Waals surface area contributed by atoms with Gasteiger partial charge in [-0.2, -0.15) is 0 Å². The van der Waals surface area contributed by atoms with E-state index in [1.165, 1.54) is 11.3 Å². The molecule has 0 radical (unpaired) electrons. The summed E-state index contributed by atoms with van der Waals surface area (Å²) in [4.78, 5) is 19.8. The van der Waals surface area contributed by atoms with Gasteiger partial charge in [0, 0.05) is 17.2 Å². The lowest BCUT2D eigenvalue weighted by Crippen LogP contribution is -2.37. The molecule has 3 aromatic rings. The normalized spacial score (nSPS) is 16.5. The van der Waals surface area contributed by atoms with E-state index in [0.29, 0.717) is 28.0 Å². The molecule has 5 nitrogen and oxygen atoms in total. The number of ether oxygens (including phenoxy) is 2. The Morgan fingerprint density at radius 2 is 2.11 bits per heavy atom. The molecule has 4 rings (SSSR count). The fourth-order valence-electron chi connectivity index (χ4n) is 3.33. The maximum Gasteiger partial charge on any atom is 0.260 e. The third-order valence-corrected chi connectivity index (χ3v) is 6.41. The number of aryl methyl sites for hydroxylation is 1. The number of methoxy groups -OCH3 is 1. The third-order valence-electron chi connectivity index (χ3n) is 4.96. The van der Waals surface area contributed by atoms with Crippen molar-refractivity contribution in [2.45, 2.75) is 25.9 Å². The van der Waals surface area contributed by atoms with Gasteiger partial charge < -0.3 is 9.47 Å². The number of hydrogen-bond donors (Lipinski definition) is 0. The van der Waals surface area contributed by atoms with Crippen molar-refractivity contribution in [2.24, 2.45) is 0 Å². The van der Waals surface area contributed by atoms with Crippen LogP contribution in [0.25, 0.3) is 10.2 Å². The molecule has 0 N–H and O–H groups in total. The zero-order chi connectivity index (χ0) is 19.7. The Balaban J connectivity index is 1.72. The first kappa shape index (κ1) is 19.2. The Labute approximate surface area is 172 Å². The minimum atomic E-state index is -0.0963. The highest BCUT2D eigenvalue weighted by Gasteiger charge is 2.27. The molecule has 1 atom stereocenters. The first-order chi connectivity index (χ1) is 13.6. The maximum absolute atomic E-state index is 13.3. The standard InChI is InChI=1S/C21H21ClN2O3S/c1-13-17(22)9-10-18-19(13)23-21(28-18)24(12-16-4-3-11-27-16)20(25)14-5-7-15(26-2)8-6-14/h5-10,16H,3-4,11-12H2,1-2H3. The van der Waals surface area contributed by atoms with E-state index >= 15 is 0 Å². The summed E-state index contributed by atoms with van der Waals surface area (Å²) >= 11 is 7.75. The molecule has 1 saturated heterocycles. The van der Waals surface area contributed by atoms with Crippen LogP contribution >= 0.6 is 22.9 Å². The molecular formula is C21H21ClN2O3S. The highest BCUT2D eigenvalue weighted by atomic mass is 35.5. The largest absolute Gasteiger partial charge is 0.497 e. The lowest BCUT2D eigenvalue weighted by molar-refractivity contribution is 0.0917. The van der Waals surface area contributed by atoms with Crippen molar-refractivity contribution in [3.8, 4) is 5.75 Å². The van der Waals surface area contributed by atoms with Crippen molar-refractivity contribution in [3.63, 3.8) is 0 Å². The monoisotopic (exact) mass is 416 g/mol. The van der Waals surface area contributed by atoms with E-state index in [2.05, 4.69) is 0 Å². The molecular weight excluding hydrogens is 396 g/mol. The number of thiazole rings is 1. The second kappa shape index (κ2) is 8.07. The highest BCUT2D eigenvalue weighted by molar-refractivity contribution is 7.22. The molecule has 1 amide bonds. The minimum Gasteiger partial charge on any atom is -0.497 e. The summed E-state index contributed by atoms with van der Waals surface area (Å²) in [7, 11) is 1.61. The van der Waals surface area contributed by atoms with Crippen LogP contribution in [-0.4, -0.2) is 37.3 Å². The number of anilines is 1. The van der Waals surface area contributed by atoms with Gasteiger partial charge in [-0.3, -0.25) is 9.69 Å². The highest BCUT2D eigenvalue weighted by Crippen LogP contribution is 2.34. The second-order valence-corrected chi connectivity index (χ2v) is 8.21. The quantitative estimate of drug-likeness (QED) is 0.581. The molecule has 2 aromatic carbocycles. The van der Waals surface area contributed by atoms with Crippen LogP contribution in [-0.2, 0) is 4.74 Å². The molecule has 1 aliphatic heterocycles. The maximum atomic E-state index is 13.3. The molecule has 1 unspecified atom stereocenters. The summed E-state index contributed by atoms with van der Waals surface area (Å²) in [6.07, 6.45) is 1.99. The van der Waals surface area contributed by atoms with Crippen LogP contribution in [0.3, 0.4) is 0 Å². The lowest BCUT2D eigenvalue weighted by Gasteiger charge is -2.23. The van der Waals surface area contributed by atoms with Gasteiger partial charge in [-0.15, -0.1) is 0 Å². The Bertz CT molecular complexity index is 997. The van der Waals surface area contributed by atoms with Crippen LogP contribution in [0.15, 0.2) is 36.4 Å². The van der Waals surface area contributed by atoms with Crippen LogP contribution in [0, 0.1) is 6.92 Å². The number of benzene rings is 2. The fourth-order valence-corrected chi connectivity index (χ4v) is 4.52. The van der Waals surface area contributed by atoms with Crippen molar-refractivity contribution in [2.75, 3.05) is 25.2 Å². The SMILES string of the molecule is COc1ccc(C(=O)N(CC2CCCO2)c2nc3c(C)c(Cl)ccc3s2)cc1. The Morgan fingerprint density at radius 1 is 1.32 bits per heavy atom. The second-order valence-electron chi connectivity index (χ2n) is 6.79. The summed E-state index contributed by atoms with van der Waals surface area (Å²) in [6, 6.07) is 11.0. The topological polar surface area (TPSA) is 51.7 Å². The van der Waals surface area contributed by atoms with Crippen molar-refractivity contribution in [1.29, 1.82) is 0 Å². The summed E-state index contributed by atoms with van der Waals surface area (Å²) in [5.41, 5.74) is 2.36. The smallest absolute Gasteiger partial charge is 0.260 e. The lowest BCUT2D eigenvalue weighted by atomic mass is 10.1. The van der Waals surface area contributed by atoms with Crippen molar-refractivity contribution < 1.29 is 14.3 Å². The molecule has 0 bridgehead atoms. The number of rotatable bonds is 5. The molecule has 2 heterocycles. The minimum absolute atomic E-state index is 0.0268. The molecule has 0 aliphatic carbocycles. The van der Waals surface area contributed by atoms with Crippen molar-refractivity contribution in [1.82, 2.24) is 4.98 Å². The Kier molecular flexibility index (Phi) is 5.53. The van der Waals surface area contributed by atoms with E-state index in [4.69, 9.17) is 26.1 Å². The predicted octanol–water partition coefficient (Wildman–Crippen LogP) is 5.09. The number of carbonyl (C=O) groups excluding carboxylic acids is 1. The molecule has 146 valence electrons. The van der Waals surface area contributed by atoms with Gasteiger partial charge >= 0.3 is 0 Å². The van der Waals surface area contributed by atoms with E-state index in [0.717, 1.165) is 35.2 Å². The first-order valence-corrected chi connectivity index (χ1v) is 10.4. The fraction of sp³-hybridized carbons (Fsp3) is 0.333. The number of amides is 1. The number of carbonyl (C=O) groups is 1. The zero-order valence-electron chi connectivity index (χ0n) is 15.8. The third kappa shape index (κ3) is 3.72. The number of fused-ring (bicyclic) bond motifs is 1. The van der Waals surface area contributed by atoms with Gasteiger partial charge in [0.2, 0.25) is 0 Å². The molecule has 0 spiro atoms. The summed E-state index contributed by atoms with van der Waals surface area (Å²) in [6.45, 7) is 3.17.